The maximum atomic E-state index is 5.16. The predicted molar refractivity (Wildman–Crippen MR) is 99.3 cm³/mol. The van der Waals surface area contributed by atoms with Gasteiger partial charge in [0.2, 0.25) is 0 Å². The van der Waals surface area contributed by atoms with Crippen LogP contribution in [0.3, 0.4) is 0 Å². The van der Waals surface area contributed by atoms with E-state index in [0.717, 1.165) is 13.0 Å². The van der Waals surface area contributed by atoms with Crippen molar-refractivity contribution >= 4 is 11.8 Å². The Labute approximate surface area is 145 Å². The van der Waals surface area contributed by atoms with E-state index >= 15 is 0 Å². The monoisotopic (exact) mass is 334 g/mol. The van der Waals surface area contributed by atoms with Gasteiger partial charge >= 0.3 is 0 Å². The summed E-state index contributed by atoms with van der Waals surface area (Å²) in [6.45, 7) is 4.52. The highest BCUT2D eigenvalue weighted by Crippen LogP contribution is 2.28. The molecule has 1 fully saturated rings. The molecule has 4 heteroatoms. The molecule has 2 aliphatic heterocycles. The number of likely N-dealkylation sites (tertiary alicyclic amines) is 1. The number of nitrogens with zero attached hydrogens (tertiary/aromatic N) is 1. The molecule has 0 amide bonds. The molecule has 2 aliphatic rings. The fraction of sp³-hybridized carbons (Fsp3) is 0.684. The summed E-state index contributed by atoms with van der Waals surface area (Å²) >= 11 is 2.10. The van der Waals surface area contributed by atoms with Crippen LogP contribution in [0.25, 0.3) is 0 Å². The zero-order valence-corrected chi connectivity index (χ0v) is 15.1. The Morgan fingerprint density at radius 3 is 2.91 bits per heavy atom. The van der Waals surface area contributed by atoms with Crippen LogP contribution in [-0.2, 0) is 11.2 Å². The molecular weight excluding hydrogens is 304 g/mol. The molecule has 1 saturated heterocycles. The van der Waals surface area contributed by atoms with E-state index in [2.05, 4.69) is 46.2 Å². The number of nitrogens with one attached hydrogen (secondary N) is 1. The van der Waals surface area contributed by atoms with Crippen molar-refractivity contribution in [2.45, 2.75) is 37.8 Å². The first-order chi connectivity index (χ1) is 11.4. The van der Waals surface area contributed by atoms with Crippen molar-refractivity contribution < 1.29 is 4.74 Å². The zero-order chi connectivity index (χ0) is 15.9. The molecule has 0 bridgehead atoms. The number of thioether (sulfide) groups is 1. The summed E-state index contributed by atoms with van der Waals surface area (Å²) in [5, 5.41) is 3.97. The second-order valence-electron chi connectivity index (χ2n) is 6.71. The lowest BCUT2D eigenvalue weighted by Gasteiger charge is -2.34. The van der Waals surface area contributed by atoms with Crippen molar-refractivity contribution in [1.29, 1.82) is 0 Å². The Morgan fingerprint density at radius 2 is 2.09 bits per heavy atom. The Morgan fingerprint density at radius 1 is 1.26 bits per heavy atom. The van der Waals surface area contributed by atoms with Crippen molar-refractivity contribution in [3.05, 3.63) is 35.4 Å². The maximum Gasteiger partial charge on any atom is 0.0474 e. The van der Waals surface area contributed by atoms with Gasteiger partial charge in [-0.15, -0.1) is 0 Å². The number of aryl methyl sites for hydroxylation is 1. The molecule has 1 atom stereocenters. The number of rotatable bonds is 6. The minimum atomic E-state index is 0.531. The summed E-state index contributed by atoms with van der Waals surface area (Å²) in [7, 11) is 1.79. The average Bonchev–Trinajstić information content (AvgIpc) is 2.79. The minimum Gasteiger partial charge on any atom is -0.385 e. The molecule has 128 valence electrons. The van der Waals surface area contributed by atoms with E-state index in [1.165, 1.54) is 50.4 Å². The van der Waals surface area contributed by atoms with E-state index in [-0.39, 0.29) is 0 Å². The molecule has 0 unspecified atom stereocenters. The molecule has 0 saturated carbocycles. The van der Waals surface area contributed by atoms with Crippen LogP contribution in [0.15, 0.2) is 24.3 Å². The highest BCUT2D eigenvalue weighted by molar-refractivity contribution is 7.99. The van der Waals surface area contributed by atoms with Crippen molar-refractivity contribution in [3.63, 3.8) is 0 Å². The summed E-state index contributed by atoms with van der Waals surface area (Å²) < 4.78 is 5.16. The van der Waals surface area contributed by atoms with E-state index < -0.39 is 0 Å². The number of hydrogen-bond donors (Lipinski definition) is 1. The topological polar surface area (TPSA) is 24.5 Å². The summed E-state index contributed by atoms with van der Waals surface area (Å²) in [6.07, 6.45) is 4.92. The van der Waals surface area contributed by atoms with E-state index in [1.807, 2.05) is 0 Å². The third-order valence-corrected chi connectivity index (χ3v) is 6.14. The van der Waals surface area contributed by atoms with E-state index in [0.29, 0.717) is 12.1 Å². The molecule has 1 aromatic carbocycles. The second-order valence-corrected chi connectivity index (χ2v) is 7.86. The lowest BCUT2D eigenvalue weighted by atomic mass is 9.97. The van der Waals surface area contributed by atoms with Gasteiger partial charge in [-0.2, -0.15) is 11.8 Å². The molecule has 2 heterocycles. The molecule has 0 aliphatic carbocycles. The largest absolute Gasteiger partial charge is 0.385 e. The van der Waals surface area contributed by atoms with Gasteiger partial charge in [-0.05, 0) is 55.7 Å². The number of benzene rings is 1. The van der Waals surface area contributed by atoms with Gasteiger partial charge < -0.3 is 15.0 Å². The van der Waals surface area contributed by atoms with Crippen LogP contribution >= 0.6 is 11.8 Å². The van der Waals surface area contributed by atoms with Gasteiger partial charge in [0.25, 0.3) is 0 Å². The molecular formula is C19H30N2OS. The van der Waals surface area contributed by atoms with Crippen LogP contribution in [0.5, 0.6) is 0 Å². The fourth-order valence-corrected chi connectivity index (χ4v) is 4.80. The van der Waals surface area contributed by atoms with Crippen LogP contribution in [-0.4, -0.2) is 55.8 Å². The normalized spacial score (nSPS) is 23.4. The van der Waals surface area contributed by atoms with Gasteiger partial charge in [-0.25, -0.2) is 0 Å². The maximum absolute atomic E-state index is 5.16. The molecule has 1 N–H and O–H groups in total. The van der Waals surface area contributed by atoms with Crippen LogP contribution in [0.2, 0.25) is 0 Å². The summed E-state index contributed by atoms with van der Waals surface area (Å²) in [6, 6.07) is 10.2. The average molecular weight is 335 g/mol. The predicted octanol–water partition coefficient (Wildman–Crippen LogP) is 3.11. The van der Waals surface area contributed by atoms with Crippen molar-refractivity contribution in [2.75, 3.05) is 44.9 Å². The Balaban J connectivity index is 1.51. The van der Waals surface area contributed by atoms with Gasteiger partial charge in [0, 0.05) is 38.1 Å². The van der Waals surface area contributed by atoms with Crippen molar-refractivity contribution in [2.24, 2.45) is 0 Å². The molecule has 0 radical (unpaired) electrons. The zero-order valence-electron chi connectivity index (χ0n) is 14.3. The first kappa shape index (κ1) is 17.3. The van der Waals surface area contributed by atoms with Crippen LogP contribution in [0, 0.1) is 0 Å². The van der Waals surface area contributed by atoms with Gasteiger partial charge in [-0.3, -0.25) is 0 Å². The summed E-state index contributed by atoms with van der Waals surface area (Å²) in [5.41, 5.74) is 3.09. The molecule has 3 nitrogen and oxygen atoms in total. The summed E-state index contributed by atoms with van der Waals surface area (Å²) in [5.74, 6) is 2.47. The lowest BCUT2D eigenvalue weighted by Crippen LogP contribution is -2.44. The highest BCUT2D eigenvalue weighted by atomic mass is 32.2. The highest BCUT2D eigenvalue weighted by Gasteiger charge is 2.24. The summed E-state index contributed by atoms with van der Waals surface area (Å²) in [4.78, 5) is 2.59. The number of methoxy groups -OCH3 is 1. The van der Waals surface area contributed by atoms with Crippen LogP contribution < -0.4 is 5.32 Å². The quantitative estimate of drug-likeness (QED) is 0.808. The number of ether oxygens (including phenoxy) is 1. The third-order valence-electron chi connectivity index (χ3n) is 5.08. The van der Waals surface area contributed by atoms with Crippen LogP contribution in [0.4, 0.5) is 0 Å². The molecule has 1 aromatic rings. The minimum absolute atomic E-state index is 0.531. The van der Waals surface area contributed by atoms with E-state index in [1.54, 1.807) is 18.2 Å². The molecule has 0 aromatic heterocycles. The van der Waals surface area contributed by atoms with Crippen LogP contribution in [0.1, 0.15) is 36.4 Å². The molecule has 3 rings (SSSR count). The number of fused-ring (bicyclic) bond motifs is 1. The second kappa shape index (κ2) is 9.07. The smallest absolute Gasteiger partial charge is 0.0474 e. The Bertz CT molecular complexity index is 474. The first-order valence-electron chi connectivity index (χ1n) is 8.99. The molecule has 0 spiro atoms. The third kappa shape index (κ3) is 4.96. The van der Waals surface area contributed by atoms with Gasteiger partial charge in [0.1, 0.15) is 0 Å². The van der Waals surface area contributed by atoms with E-state index in [9.17, 15) is 0 Å². The SMILES string of the molecule is COCCCN1CCC(N[C@@H]2CSCCc3ccccc32)CC1. The van der Waals surface area contributed by atoms with Gasteiger partial charge in [-0.1, -0.05) is 24.3 Å². The Kier molecular flexibility index (Phi) is 6.81. The Hall–Kier alpha value is -0.550. The van der Waals surface area contributed by atoms with Gasteiger partial charge in [0.05, 0.1) is 0 Å². The first-order valence-corrected chi connectivity index (χ1v) is 10.1. The fourth-order valence-electron chi connectivity index (χ4n) is 3.75. The van der Waals surface area contributed by atoms with E-state index in [4.69, 9.17) is 4.74 Å². The number of hydrogen-bond acceptors (Lipinski definition) is 4. The standard InChI is InChI=1S/C19H30N2OS/c1-22-13-4-10-21-11-7-17(8-12-21)20-19-15-23-14-9-16-5-2-3-6-18(16)19/h2-3,5-6,17,19-20H,4,7-15H2,1H3/t19-/m1/s1. The number of piperidine rings is 1. The lowest BCUT2D eigenvalue weighted by molar-refractivity contribution is 0.151. The van der Waals surface area contributed by atoms with Gasteiger partial charge in [0.15, 0.2) is 0 Å². The van der Waals surface area contributed by atoms with Crippen molar-refractivity contribution in [3.8, 4) is 0 Å². The van der Waals surface area contributed by atoms with Crippen molar-refractivity contribution in [1.82, 2.24) is 10.2 Å². The molecule has 23 heavy (non-hydrogen) atoms.